The molecule has 1 unspecified atom stereocenters. The lowest BCUT2D eigenvalue weighted by Crippen LogP contribution is -2.24. The van der Waals surface area contributed by atoms with Crippen molar-refractivity contribution < 1.29 is 0 Å². The summed E-state index contributed by atoms with van der Waals surface area (Å²) in [4.78, 5) is 0. The van der Waals surface area contributed by atoms with Gasteiger partial charge in [0, 0.05) is 0 Å². The minimum absolute atomic E-state index is 0.935. The van der Waals surface area contributed by atoms with Crippen molar-refractivity contribution in [1.29, 1.82) is 0 Å². The summed E-state index contributed by atoms with van der Waals surface area (Å²) in [5.74, 6) is 1.99. The normalized spacial score (nSPS) is 20.1. The van der Waals surface area contributed by atoms with Gasteiger partial charge in [0.25, 0.3) is 0 Å². The number of nitrogens with one attached hydrogen (secondary N) is 1. The highest BCUT2D eigenvalue weighted by Crippen LogP contribution is 2.30. The number of hydrogen-bond donors (Lipinski definition) is 1. The van der Waals surface area contributed by atoms with E-state index in [1.54, 1.807) is 0 Å². The van der Waals surface area contributed by atoms with Crippen LogP contribution in [-0.2, 0) is 0 Å². The minimum atomic E-state index is 0.935. The van der Waals surface area contributed by atoms with Crippen molar-refractivity contribution >= 4 is 0 Å². The maximum atomic E-state index is 3.56. The molecule has 0 aromatic heterocycles. The van der Waals surface area contributed by atoms with Crippen molar-refractivity contribution in [3.05, 3.63) is 0 Å². The van der Waals surface area contributed by atoms with E-state index in [0.717, 1.165) is 11.8 Å². The molecule has 1 saturated carbocycles. The summed E-state index contributed by atoms with van der Waals surface area (Å²) in [6.07, 6.45) is 10.1. The standard InChI is InChI=1S/C13H27N/c1-3-9-14-11-12(4-2)10-13-7-5-6-8-13/h12-14H,3-11H2,1-2H3. The third kappa shape index (κ3) is 4.45. The average molecular weight is 197 g/mol. The number of hydrogen-bond acceptors (Lipinski definition) is 1. The molecule has 1 N–H and O–H groups in total. The summed E-state index contributed by atoms with van der Waals surface area (Å²) in [6, 6.07) is 0. The van der Waals surface area contributed by atoms with Crippen LogP contribution in [0.15, 0.2) is 0 Å². The first kappa shape index (κ1) is 12.0. The maximum absolute atomic E-state index is 3.56. The van der Waals surface area contributed by atoms with Crippen molar-refractivity contribution in [2.45, 2.75) is 58.8 Å². The SMILES string of the molecule is CCCNCC(CC)CC1CCCC1. The topological polar surface area (TPSA) is 12.0 Å². The van der Waals surface area contributed by atoms with E-state index in [1.165, 1.54) is 58.0 Å². The molecule has 14 heavy (non-hydrogen) atoms. The molecule has 0 saturated heterocycles. The van der Waals surface area contributed by atoms with Gasteiger partial charge in [-0.1, -0.05) is 46.0 Å². The molecule has 1 fully saturated rings. The van der Waals surface area contributed by atoms with Crippen molar-refractivity contribution in [3.8, 4) is 0 Å². The molecule has 1 heteroatoms. The molecule has 0 spiro atoms. The molecule has 0 heterocycles. The fourth-order valence-corrected chi connectivity index (χ4v) is 2.59. The van der Waals surface area contributed by atoms with E-state index >= 15 is 0 Å². The zero-order valence-corrected chi connectivity index (χ0v) is 10.0. The second-order valence-corrected chi connectivity index (χ2v) is 4.86. The van der Waals surface area contributed by atoms with Gasteiger partial charge in [-0.2, -0.15) is 0 Å². The van der Waals surface area contributed by atoms with Gasteiger partial charge in [-0.05, 0) is 37.8 Å². The van der Waals surface area contributed by atoms with Gasteiger partial charge in [0.15, 0.2) is 0 Å². The van der Waals surface area contributed by atoms with E-state index in [1.807, 2.05) is 0 Å². The zero-order chi connectivity index (χ0) is 10.2. The highest BCUT2D eigenvalue weighted by molar-refractivity contribution is 4.72. The molecule has 1 atom stereocenters. The molecule has 1 nitrogen and oxygen atoms in total. The quantitative estimate of drug-likeness (QED) is 0.615. The molecular weight excluding hydrogens is 170 g/mol. The molecule has 1 aliphatic carbocycles. The Bertz CT molecular complexity index is 127. The van der Waals surface area contributed by atoms with Gasteiger partial charge >= 0.3 is 0 Å². The van der Waals surface area contributed by atoms with Gasteiger partial charge < -0.3 is 5.32 Å². The molecule has 0 amide bonds. The molecule has 0 aromatic rings. The monoisotopic (exact) mass is 197 g/mol. The molecule has 0 radical (unpaired) electrons. The maximum Gasteiger partial charge on any atom is -0.00205 e. The van der Waals surface area contributed by atoms with Crippen LogP contribution in [0.3, 0.4) is 0 Å². The van der Waals surface area contributed by atoms with Crippen LogP contribution >= 0.6 is 0 Å². The summed E-state index contributed by atoms with van der Waals surface area (Å²) in [6.45, 7) is 7.03. The van der Waals surface area contributed by atoms with Gasteiger partial charge in [0.05, 0.1) is 0 Å². The number of rotatable bonds is 7. The van der Waals surface area contributed by atoms with Crippen LogP contribution in [0, 0.1) is 11.8 Å². The van der Waals surface area contributed by atoms with E-state index in [9.17, 15) is 0 Å². The summed E-state index contributed by atoms with van der Waals surface area (Å²) in [5, 5.41) is 3.56. The van der Waals surface area contributed by atoms with Gasteiger partial charge in [0.2, 0.25) is 0 Å². The predicted octanol–water partition coefficient (Wildman–Crippen LogP) is 3.59. The third-order valence-corrected chi connectivity index (χ3v) is 3.58. The first-order valence-corrected chi connectivity index (χ1v) is 6.57. The van der Waals surface area contributed by atoms with Crippen LogP contribution in [0.5, 0.6) is 0 Å². The van der Waals surface area contributed by atoms with E-state index in [2.05, 4.69) is 19.2 Å². The van der Waals surface area contributed by atoms with Gasteiger partial charge in [-0.25, -0.2) is 0 Å². The Balaban J connectivity index is 2.10. The highest BCUT2D eigenvalue weighted by atomic mass is 14.8. The predicted molar refractivity (Wildman–Crippen MR) is 63.5 cm³/mol. The van der Waals surface area contributed by atoms with E-state index in [4.69, 9.17) is 0 Å². The largest absolute Gasteiger partial charge is 0.316 e. The van der Waals surface area contributed by atoms with Crippen molar-refractivity contribution in [2.75, 3.05) is 13.1 Å². The summed E-state index contributed by atoms with van der Waals surface area (Å²) in [5.41, 5.74) is 0. The lowest BCUT2D eigenvalue weighted by atomic mass is 9.91. The summed E-state index contributed by atoms with van der Waals surface area (Å²) in [7, 11) is 0. The summed E-state index contributed by atoms with van der Waals surface area (Å²) < 4.78 is 0. The molecular formula is C13H27N. The Morgan fingerprint density at radius 1 is 1.21 bits per heavy atom. The van der Waals surface area contributed by atoms with Gasteiger partial charge in [-0.3, -0.25) is 0 Å². The Labute approximate surface area is 89.7 Å². The molecule has 1 aliphatic rings. The molecule has 1 rings (SSSR count). The van der Waals surface area contributed by atoms with E-state index < -0.39 is 0 Å². The van der Waals surface area contributed by atoms with E-state index in [0.29, 0.717) is 0 Å². The first-order valence-electron chi connectivity index (χ1n) is 6.57. The van der Waals surface area contributed by atoms with Crippen molar-refractivity contribution in [1.82, 2.24) is 5.32 Å². The van der Waals surface area contributed by atoms with Crippen molar-refractivity contribution in [2.24, 2.45) is 11.8 Å². The van der Waals surface area contributed by atoms with E-state index in [-0.39, 0.29) is 0 Å². The second kappa shape index (κ2) is 7.28. The third-order valence-electron chi connectivity index (χ3n) is 3.58. The summed E-state index contributed by atoms with van der Waals surface area (Å²) >= 11 is 0. The fourth-order valence-electron chi connectivity index (χ4n) is 2.59. The second-order valence-electron chi connectivity index (χ2n) is 4.86. The molecule has 0 aromatic carbocycles. The van der Waals surface area contributed by atoms with Crippen LogP contribution in [0.1, 0.15) is 58.8 Å². The molecule has 0 bridgehead atoms. The Hall–Kier alpha value is -0.0400. The first-order chi connectivity index (χ1) is 6.86. The van der Waals surface area contributed by atoms with Crippen molar-refractivity contribution in [3.63, 3.8) is 0 Å². The smallest absolute Gasteiger partial charge is 0.00205 e. The molecule has 84 valence electrons. The van der Waals surface area contributed by atoms with Crippen LogP contribution in [0.4, 0.5) is 0 Å². The van der Waals surface area contributed by atoms with Crippen LogP contribution in [0.25, 0.3) is 0 Å². The Kier molecular flexibility index (Phi) is 6.25. The van der Waals surface area contributed by atoms with Crippen LogP contribution < -0.4 is 5.32 Å². The van der Waals surface area contributed by atoms with Gasteiger partial charge in [0.1, 0.15) is 0 Å². The average Bonchev–Trinajstić information content (AvgIpc) is 2.69. The molecule has 0 aliphatic heterocycles. The lowest BCUT2D eigenvalue weighted by Gasteiger charge is -2.19. The lowest BCUT2D eigenvalue weighted by molar-refractivity contribution is 0.351. The van der Waals surface area contributed by atoms with Crippen LogP contribution in [0.2, 0.25) is 0 Å². The zero-order valence-electron chi connectivity index (χ0n) is 10.0. The Morgan fingerprint density at radius 2 is 1.93 bits per heavy atom. The highest BCUT2D eigenvalue weighted by Gasteiger charge is 2.18. The fraction of sp³-hybridized carbons (Fsp3) is 1.00. The van der Waals surface area contributed by atoms with Crippen LogP contribution in [-0.4, -0.2) is 13.1 Å². The van der Waals surface area contributed by atoms with Gasteiger partial charge in [-0.15, -0.1) is 0 Å². The minimum Gasteiger partial charge on any atom is -0.316 e. The Morgan fingerprint density at radius 3 is 2.50 bits per heavy atom.